The van der Waals surface area contributed by atoms with E-state index in [4.69, 9.17) is 13.6 Å². The Labute approximate surface area is 148 Å². The molecule has 1 N–H and O–H groups in total. The van der Waals surface area contributed by atoms with Gasteiger partial charge < -0.3 is 18.9 Å². The van der Waals surface area contributed by atoms with Crippen LogP contribution in [0.4, 0.5) is 5.69 Å². The zero-order valence-electron chi connectivity index (χ0n) is 14.0. The average molecular weight is 359 g/mol. The normalized spacial score (nSPS) is 10.7. The number of nitrogens with one attached hydrogen (secondary N) is 1. The van der Waals surface area contributed by atoms with Crippen molar-refractivity contribution in [1.82, 2.24) is 10.2 Å². The predicted molar refractivity (Wildman–Crippen MR) is 93.8 cm³/mol. The second-order valence-corrected chi connectivity index (χ2v) is 6.16. The van der Waals surface area contributed by atoms with Crippen molar-refractivity contribution in [3.8, 4) is 17.2 Å². The fraction of sp³-hybridized carbons (Fsp3) is 0.235. The molecular weight excluding hydrogens is 342 g/mol. The largest absolute Gasteiger partial charge is 0.495 e. The smallest absolute Gasteiger partial charge is 0.277 e. The van der Waals surface area contributed by atoms with Crippen LogP contribution >= 0.6 is 11.8 Å². The highest BCUT2D eigenvalue weighted by Crippen LogP contribution is 2.28. The summed E-state index contributed by atoms with van der Waals surface area (Å²) in [6, 6.07) is 9.05. The molecule has 0 unspecified atom stereocenters. The summed E-state index contributed by atoms with van der Waals surface area (Å²) < 4.78 is 16.2. The number of nitrogens with zero attached hydrogens (tertiary/aromatic N) is 2. The van der Waals surface area contributed by atoms with Crippen LogP contribution in [0.15, 0.2) is 44.4 Å². The molecule has 0 atom stereocenters. The lowest BCUT2D eigenvalue weighted by Gasteiger charge is -2.08. The minimum atomic E-state index is -0.190. The van der Waals surface area contributed by atoms with Crippen LogP contribution in [-0.2, 0) is 4.79 Å². The fourth-order valence-electron chi connectivity index (χ4n) is 2.28. The third kappa shape index (κ3) is 4.03. The molecule has 2 aromatic heterocycles. The molecule has 0 spiro atoms. The number of carbonyl (C=O) groups excluding carboxylic acids is 1. The quantitative estimate of drug-likeness (QED) is 0.671. The van der Waals surface area contributed by atoms with E-state index in [1.165, 1.54) is 11.8 Å². The van der Waals surface area contributed by atoms with Gasteiger partial charge in [0.1, 0.15) is 17.3 Å². The Bertz CT molecular complexity index is 888. The Morgan fingerprint density at radius 2 is 2.04 bits per heavy atom. The number of hydrogen-bond acceptors (Lipinski definition) is 7. The molecule has 7 nitrogen and oxygen atoms in total. The lowest BCUT2D eigenvalue weighted by molar-refractivity contribution is -0.113. The van der Waals surface area contributed by atoms with E-state index in [0.717, 1.165) is 11.3 Å². The van der Waals surface area contributed by atoms with Gasteiger partial charge in [0.2, 0.25) is 5.91 Å². The summed E-state index contributed by atoms with van der Waals surface area (Å²) in [6.07, 6.45) is 0. The summed E-state index contributed by atoms with van der Waals surface area (Å²) in [7, 11) is 1.55. The number of methoxy groups -OCH3 is 1. The van der Waals surface area contributed by atoms with E-state index in [1.807, 2.05) is 32.0 Å². The van der Waals surface area contributed by atoms with Crippen molar-refractivity contribution >= 4 is 23.4 Å². The van der Waals surface area contributed by atoms with Crippen molar-refractivity contribution < 1.29 is 18.4 Å². The maximum absolute atomic E-state index is 12.1. The Hall–Kier alpha value is -2.74. The molecule has 0 aliphatic rings. The number of rotatable bonds is 6. The zero-order chi connectivity index (χ0) is 17.8. The molecule has 0 saturated heterocycles. The molecule has 8 heteroatoms. The molecule has 25 heavy (non-hydrogen) atoms. The standard InChI is InChI=1S/C17H17N3O4S/c1-10-8-12(11(2)23-10)16-19-20-17(24-16)25-9-15(21)18-13-6-4-5-7-14(13)22-3/h4-8H,9H2,1-3H3,(H,18,21). The van der Waals surface area contributed by atoms with Gasteiger partial charge >= 0.3 is 0 Å². The van der Waals surface area contributed by atoms with Gasteiger partial charge in [0.25, 0.3) is 11.1 Å². The number of thioether (sulfide) groups is 1. The van der Waals surface area contributed by atoms with E-state index in [0.29, 0.717) is 28.3 Å². The minimum absolute atomic E-state index is 0.142. The van der Waals surface area contributed by atoms with Crippen LogP contribution in [-0.4, -0.2) is 29.0 Å². The molecule has 3 aromatic rings. The summed E-state index contributed by atoms with van der Waals surface area (Å²) in [5, 5.41) is 11.1. The molecule has 0 saturated carbocycles. The van der Waals surface area contributed by atoms with Crippen LogP contribution in [0.3, 0.4) is 0 Å². The van der Waals surface area contributed by atoms with E-state index in [-0.39, 0.29) is 11.7 Å². The molecule has 0 bridgehead atoms. The summed E-state index contributed by atoms with van der Waals surface area (Å²) >= 11 is 1.17. The Balaban J connectivity index is 1.60. The lowest BCUT2D eigenvalue weighted by Crippen LogP contribution is -2.14. The van der Waals surface area contributed by atoms with Crippen molar-refractivity contribution in [3.63, 3.8) is 0 Å². The first-order valence-corrected chi connectivity index (χ1v) is 8.52. The van der Waals surface area contributed by atoms with Crippen molar-refractivity contribution in [2.45, 2.75) is 19.1 Å². The molecule has 1 aromatic carbocycles. The van der Waals surface area contributed by atoms with Crippen LogP contribution in [0, 0.1) is 13.8 Å². The maximum atomic E-state index is 12.1. The van der Waals surface area contributed by atoms with Gasteiger partial charge in [-0.3, -0.25) is 4.79 Å². The van der Waals surface area contributed by atoms with Crippen LogP contribution in [0.5, 0.6) is 5.75 Å². The van der Waals surface area contributed by atoms with Gasteiger partial charge in [-0.25, -0.2) is 0 Å². The molecule has 130 valence electrons. The second-order valence-electron chi connectivity index (χ2n) is 5.24. The van der Waals surface area contributed by atoms with E-state index in [9.17, 15) is 4.79 Å². The van der Waals surface area contributed by atoms with Gasteiger partial charge in [0.05, 0.1) is 24.1 Å². The van der Waals surface area contributed by atoms with E-state index in [2.05, 4.69) is 15.5 Å². The minimum Gasteiger partial charge on any atom is -0.495 e. The summed E-state index contributed by atoms with van der Waals surface area (Å²) in [6.45, 7) is 3.69. The van der Waals surface area contributed by atoms with E-state index in [1.54, 1.807) is 19.2 Å². The first-order chi connectivity index (χ1) is 12.1. The number of furan rings is 1. The van der Waals surface area contributed by atoms with Crippen molar-refractivity contribution in [3.05, 3.63) is 41.9 Å². The van der Waals surface area contributed by atoms with Gasteiger partial charge in [-0.05, 0) is 32.0 Å². The number of benzene rings is 1. The zero-order valence-corrected chi connectivity index (χ0v) is 14.8. The SMILES string of the molecule is COc1ccccc1NC(=O)CSc1nnc(-c2cc(C)oc2C)o1. The van der Waals surface area contributed by atoms with Crippen LogP contribution in [0.25, 0.3) is 11.5 Å². The summed E-state index contributed by atoms with van der Waals surface area (Å²) in [4.78, 5) is 12.1. The Morgan fingerprint density at radius 3 is 2.76 bits per heavy atom. The maximum Gasteiger partial charge on any atom is 0.277 e. The van der Waals surface area contributed by atoms with Crippen LogP contribution < -0.4 is 10.1 Å². The highest BCUT2D eigenvalue weighted by atomic mass is 32.2. The molecule has 0 fully saturated rings. The van der Waals surface area contributed by atoms with Gasteiger partial charge in [0, 0.05) is 0 Å². The number of aromatic nitrogens is 2. The number of amides is 1. The van der Waals surface area contributed by atoms with E-state index < -0.39 is 0 Å². The Kier molecular flexibility index (Phi) is 5.08. The van der Waals surface area contributed by atoms with Crippen LogP contribution in [0.2, 0.25) is 0 Å². The third-order valence-corrected chi connectivity index (χ3v) is 4.20. The fourth-order valence-corrected chi connectivity index (χ4v) is 2.84. The number of aryl methyl sites for hydroxylation is 2. The van der Waals surface area contributed by atoms with Crippen LogP contribution in [0.1, 0.15) is 11.5 Å². The predicted octanol–water partition coefficient (Wildman–Crippen LogP) is 3.69. The third-order valence-electron chi connectivity index (χ3n) is 3.39. The molecule has 0 aliphatic carbocycles. The topological polar surface area (TPSA) is 90.4 Å². The average Bonchev–Trinajstić information content (AvgIpc) is 3.19. The second kappa shape index (κ2) is 7.43. The first-order valence-electron chi connectivity index (χ1n) is 7.53. The molecule has 1 amide bonds. The van der Waals surface area contributed by atoms with Gasteiger partial charge in [-0.15, -0.1) is 10.2 Å². The highest BCUT2D eigenvalue weighted by molar-refractivity contribution is 7.99. The van der Waals surface area contributed by atoms with Gasteiger partial charge in [-0.2, -0.15) is 0 Å². The Morgan fingerprint density at radius 1 is 1.24 bits per heavy atom. The van der Waals surface area contributed by atoms with Gasteiger partial charge in [-0.1, -0.05) is 23.9 Å². The van der Waals surface area contributed by atoms with Crippen molar-refractivity contribution in [1.29, 1.82) is 0 Å². The molecular formula is C17H17N3O4S. The highest BCUT2D eigenvalue weighted by Gasteiger charge is 2.16. The molecule has 2 heterocycles. The number of anilines is 1. The monoisotopic (exact) mass is 359 g/mol. The van der Waals surface area contributed by atoms with E-state index >= 15 is 0 Å². The van der Waals surface area contributed by atoms with Gasteiger partial charge in [0.15, 0.2) is 0 Å². The first kappa shape index (κ1) is 17.1. The number of carbonyl (C=O) groups is 1. The van der Waals surface area contributed by atoms with Crippen molar-refractivity contribution in [2.24, 2.45) is 0 Å². The molecule has 0 radical (unpaired) electrons. The number of ether oxygens (including phenoxy) is 1. The summed E-state index contributed by atoms with van der Waals surface area (Å²) in [5.41, 5.74) is 1.38. The van der Waals surface area contributed by atoms with Crippen molar-refractivity contribution in [2.75, 3.05) is 18.2 Å². The summed E-state index contributed by atoms with van der Waals surface area (Å²) in [5.74, 6) is 2.42. The molecule has 3 rings (SSSR count). The number of hydrogen-bond donors (Lipinski definition) is 1. The number of para-hydroxylation sites is 2. The molecule has 0 aliphatic heterocycles. The lowest BCUT2D eigenvalue weighted by atomic mass is 10.2.